The fourth-order valence-corrected chi connectivity index (χ4v) is 3.11. The van der Waals surface area contributed by atoms with Crippen LogP contribution in [0.5, 0.6) is 17.4 Å². The minimum absolute atomic E-state index is 0.212. The minimum Gasteiger partial charge on any atom is -0.494 e. The number of carbonyl (C=O) groups is 1. The van der Waals surface area contributed by atoms with E-state index in [1.165, 1.54) is 5.56 Å². The summed E-state index contributed by atoms with van der Waals surface area (Å²) in [4.78, 5) is 15.7. The highest BCUT2D eigenvalue weighted by Crippen LogP contribution is 2.27. The normalized spacial score (nSPS) is 11.7. The molecule has 29 heavy (non-hydrogen) atoms. The largest absolute Gasteiger partial charge is 0.494 e. The van der Waals surface area contributed by atoms with Crippen molar-refractivity contribution in [3.8, 4) is 28.5 Å². The molecular weight excluding hydrogens is 362 g/mol. The van der Waals surface area contributed by atoms with Gasteiger partial charge < -0.3 is 14.3 Å². The Hall–Kier alpha value is -3.14. The van der Waals surface area contributed by atoms with Crippen molar-refractivity contribution >= 4 is 5.78 Å². The van der Waals surface area contributed by atoms with Crippen molar-refractivity contribution in [1.82, 2.24) is 4.98 Å². The maximum atomic E-state index is 11.3. The monoisotopic (exact) mass is 389 g/mol. The molecule has 0 bridgehead atoms. The van der Waals surface area contributed by atoms with Gasteiger partial charge >= 0.3 is 0 Å². The molecule has 0 radical (unpaired) electrons. The summed E-state index contributed by atoms with van der Waals surface area (Å²) in [6.45, 7) is 6.50. The Balaban J connectivity index is 1.63. The molecule has 0 aliphatic carbocycles. The van der Waals surface area contributed by atoms with Crippen LogP contribution in [0.1, 0.15) is 45.1 Å². The van der Waals surface area contributed by atoms with Crippen LogP contribution < -0.4 is 9.47 Å². The van der Waals surface area contributed by atoms with Crippen LogP contribution in [-0.4, -0.2) is 17.4 Å². The van der Waals surface area contributed by atoms with Crippen molar-refractivity contribution in [2.75, 3.05) is 6.61 Å². The summed E-state index contributed by atoms with van der Waals surface area (Å²) >= 11 is 0. The van der Waals surface area contributed by atoms with E-state index in [-0.39, 0.29) is 11.7 Å². The molecule has 1 heterocycles. The Kier molecular flexibility index (Phi) is 7.01. The zero-order chi connectivity index (χ0) is 20.6. The van der Waals surface area contributed by atoms with Gasteiger partial charge in [-0.25, -0.2) is 4.98 Å². The van der Waals surface area contributed by atoms with Gasteiger partial charge in [-0.05, 0) is 60.7 Å². The average Bonchev–Trinajstić information content (AvgIpc) is 2.73. The summed E-state index contributed by atoms with van der Waals surface area (Å²) in [5.41, 5.74) is 3.27. The molecule has 3 rings (SSSR count). The van der Waals surface area contributed by atoms with E-state index in [0.29, 0.717) is 18.9 Å². The minimum atomic E-state index is 0.212. The van der Waals surface area contributed by atoms with E-state index >= 15 is 0 Å². The third-order valence-electron chi connectivity index (χ3n) is 4.66. The predicted molar refractivity (Wildman–Crippen MR) is 116 cm³/mol. The quantitative estimate of drug-likeness (QED) is 0.424. The van der Waals surface area contributed by atoms with Gasteiger partial charge in [-0.3, -0.25) is 0 Å². The molecule has 4 nitrogen and oxygen atoms in total. The number of aromatic nitrogens is 1. The van der Waals surface area contributed by atoms with Gasteiger partial charge in [0.1, 0.15) is 17.3 Å². The molecule has 0 amide bonds. The molecule has 2 aromatic carbocycles. The number of ether oxygens (including phenoxy) is 2. The lowest BCUT2D eigenvalue weighted by molar-refractivity contribution is -0.117. The van der Waals surface area contributed by atoms with Crippen molar-refractivity contribution < 1.29 is 14.3 Å². The Bertz CT molecular complexity index is 916. The van der Waals surface area contributed by atoms with Crippen LogP contribution in [0, 0.1) is 0 Å². The van der Waals surface area contributed by atoms with Crippen LogP contribution in [0.3, 0.4) is 0 Å². The van der Waals surface area contributed by atoms with Gasteiger partial charge in [-0.1, -0.05) is 38.1 Å². The van der Waals surface area contributed by atoms with Gasteiger partial charge in [-0.15, -0.1) is 0 Å². The molecular formula is C25H27NO3. The SMILES string of the molecule is CCCOc1ccc(Oc2ccc(-c3ccc(C(C)CC(C)=O)cc3)cn2)cc1. The predicted octanol–water partition coefficient (Wildman–Crippen LogP) is 6.41. The maximum absolute atomic E-state index is 11.3. The van der Waals surface area contributed by atoms with Crippen LogP contribution in [0.15, 0.2) is 66.9 Å². The number of pyridine rings is 1. The van der Waals surface area contributed by atoms with E-state index in [1.807, 2.05) is 42.6 Å². The van der Waals surface area contributed by atoms with Gasteiger partial charge in [0.15, 0.2) is 0 Å². The summed E-state index contributed by atoms with van der Waals surface area (Å²) < 4.78 is 11.4. The number of Topliss-reactive ketones (excluding diaryl/α,β-unsaturated/α-hetero) is 1. The number of carbonyl (C=O) groups excluding carboxylic acids is 1. The van der Waals surface area contributed by atoms with E-state index in [0.717, 1.165) is 29.0 Å². The number of benzene rings is 2. The van der Waals surface area contributed by atoms with Crippen LogP contribution >= 0.6 is 0 Å². The molecule has 1 aromatic heterocycles. The lowest BCUT2D eigenvalue weighted by Gasteiger charge is -2.11. The summed E-state index contributed by atoms with van der Waals surface area (Å²) in [7, 11) is 0. The Labute approximate surface area is 172 Å². The van der Waals surface area contributed by atoms with Crippen molar-refractivity contribution in [3.05, 3.63) is 72.4 Å². The first-order valence-corrected chi connectivity index (χ1v) is 10.0. The van der Waals surface area contributed by atoms with Gasteiger partial charge in [-0.2, -0.15) is 0 Å². The van der Waals surface area contributed by atoms with Crippen molar-refractivity contribution in [3.63, 3.8) is 0 Å². The highest BCUT2D eigenvalue weighted by Gasteiger charge is 2.09. The number of rotatable bonds is 9. The second-order valence-electron chi connectivity index (χ2n) is 7.24. The highest BCUT2D eigenvalue weighted by molar-refractivity contribution is 5.76. The average molecular weight is 389 g/mol. The summed E-state index contributed by atoms with van der Waals surface area (Å²) in [5.74, 6) is 2.54. The maximum Gasteiger partial charge on any atom is 0.219 e. The smallest absolute Gasteiger partial charge is 0.219 e. The topological polar surface area (TPSA) is 48.4 Å². The van der Waals surface area contributed by atoms with Crippen LogP contribution in [-0.2, 0) is 4.79 Å². The molecule has 1 unspecified atom stereocenters. The van der Waals surface area contributed by atoms with E-state index in [9.17, 15) is 4.79 Å². The number of hydrogen-bond acceptors (Lipinski definition) is 4. The number of ketones is 1. The molecule has 150 valence electrons. The molecule has 0 aliphatic rings. The number of nitrogens with zero attached hydrogens (tertiary/aromatic N) is 1. The highest BCUT2D eigenvalue weighted by atomic mass is 16.5. The second-order valence-corrected chi connectivity index (χ2v) is 7.24. The zero-order valence-electron chi connectivity index (χ0n) is 17.2. The first kappa shape index (κ1) is 20.6. The molecule has 0 aliphatic heterocycles. The van der Waals surface area contributed by atoms with Crippen molar-refractivity contribution in [1.29, 1.82) is 0 Å². The standard InChI is InChI=1S/C25H27NO3/c1-4-15-28-23-10-12-24(13-11-23)29-25-14-9-22(17-26-25)21-7-5-20(6-8-21)18(2)16-19(3)27/h5-14,17-18H,4,15-16H2,1-3H3. The number of hydrogen-bond donors (Lipinski definition) is 0. The molecule has 0 N–H and O–H groups in total. The second kappa shape index (κ2) is 9.87. The summed E-state index contributed by atoms with van der Waals surface area (Å²) in [6.07, 6.45) is 3.36. The first-order chi connectivity index (χ1) is 14.0. The lowest BCUT2D eigenvalue weighted by atomic mass is 9.94. The van der Waals surface area contributed by atoms with E-state index in [1.54, 1.807) is 6.92 Å². The van der Waals surface area contributed by atoms with E-state index in [2.05, 4.69) is 43.1 Å². The third kappa shape index (κ3) is 5.92. The third-order valence-corrected chi connectivity index (χ3v) is 4.66. The fourth-order valence-electron chi connectivity index (χ4n) is 3.11. The van der Waals surface area contributed by atoms with Gasteiger partial charge in [0.2, 0.25) is 5.88 Å². The van der Waals surface area contributed by atoms with Crippen LogP contribution in [0.2, 0.25) is 0 Å². The lowest BCUT2D eigenvalue weighted by Crippen LogP contribution is -2.00. The van der Waals surface area contributed by atoms with E-state index in [4.69, 9.17) is 9.47 Å². The van der Waals surface area contributed by atoms with Crippen LogP contribution in [0.4, 0.5) is 0 Å². The Morgan fingerprint density at radius 2 is 1.59 bits per heavy atom. The molecule has 3 aromatic rings. The molecule has 1 atom stereocenters. The Morgan fingerprint density at radius 3 is 2.17 bits per heavy atom. The van der Waals surface area contributed by atoms with Gasteiger partial charge in [0.25, 0.3) is 0 Å². The van der Waals surface area contributed by atoms with Gasteiger partial charge in [0, 0.05) is 24.2 Å². The summed E-state index contributed by atoms with van der Waals surface area (Å²) in [6, 6.07) is 19.7. The van der Waals surface area contributed by atoms with E-state index < -0.39 is 0 Å². The van der Waals surface area contributed by atoms with Crippen molar-refractivity contribution in [2.24, 2.45) is 0 Å². The fraction of sp³-hybridized carbons (Fsp3) is 0.280. The summed E-state index contributed by atoms with van der Waals surface area (Å²) in [5, 5.41) is 0. The Morgan fingerprint density at radius 1 is 0.931 bits per heavy atom. The molecule has 0 spiro atoms. The molecule has 0 fully saturated rings. The van der Waals surface area contributed by atoms with Gasteiger partial charge in [0.05, 0.1) is 6.61 Å². The molecule has 4 heteroatoms. The zero-order valence-corrected chi connectivity index (χ0v) is 17.2. The van der Waals surface area contributed by atoms with Crippen molar-refractivity contribution in [2.45, 2.75) is 39.5 Å². The molecule has 0 saturated carbocycles. The first-order valence-electron chi connectivity index (χ1n) is 10.0. The molecule has 0 saturated heterocycles. The van der Waals surface area contributed by atoms with Crippen LogP contribution in [0.25, 0.3) is 11.1 Å².